The fourth-order valence-electron chi connectivity index (χ4n) is 1.46. The zero-order valence-electron chi connectivity index (χ0n) is 9.40. The summed E-state index contributed by atoms with van der Waals surface area (Å²) < 4.78 is 5.68. The topological polar surface area (TPSA) is 9.23 Å². The zero-order chi connectivity index (χ0) is 12.1. The van der Waals surface area contributed by atoms with Crippen LogP contribution in [0.25, 0.3) is 0 Å². The largest absolute Gasteiger partial charge is 0.489 e. The maximum absolute atomic E-state index is 5.68. The van der Waals surface area contributed by atoms with Crippen molar-refractivity contribution in [2.24, 2.45) is 0 Å². The van der Waals surface area contributed by atoms with Crippen molar-refractivity contribution in [1.82, 2.24) is 0 Å². The van der Waals surface area contributed by atoms with Gasteiger partial charge in [-0.1, -0.05) is 57.8 Å². The van der Waals surface area contributed by atoms with Crippen LogP contribution in [0.5, 0.6) is 5.75 Å². The number of benzene rings is 2. The molecule has 0 aliphatic rings. The van der Waals surface area contributed by atoms with Crippen molar-refractivity contribution < 1.29 is 4.74 Å². The van der Waals surface area contributed by atoms with E-state index in [1.54, 1.807) is 0 Å². The van der Waals surface area contributed by atoms with Crippen LogP contribution < -0.4 is 10.2 Å². The van der Waals surface area contributed by atoms with Crippen molar-refractivity contribution in [3.8, 4) is 5.75 Å². The first-order valence-corrected chi connectivity index (χ1v) is 6.52. The Morgan fingerprint density at radius 2 is 1.47 bits per heavy atom. The second-order valence-corrected chi connectivity index (χ2v) is 4.37. The molecule has 1 nitrogen and oxygen atoms in total. The molecule has 0 saturated carbocycles. The molecule has 2 aromatic rings. The normalized spacial score (nSPS) is 10.2. The molecule has 0 aliphatic carbocycles. The summed E-state index contributed by atoms with van der Waals surface area (Å²) in [6, 6.07) is 15.8. The molecule has 84 valence electrons. The molecule has 2 aromatic carbocycles. The minimum absolute atomic E-state index is 0.563. The standard InChI is InChI=1S/C14H12BBrO/c15-13-5-1-12(2-6-13)10-17-14-7-3-11(9-16)4-8-14/h1-8H,9-10H2. The lowest BCUT2D eigenvalue weighted by molar-refractivity contribution is 0.306. The summed E-state index contributed by atoms with van der Waals surface area (Å²) in [4.78, 5) is 0. The third-order valence-corrected chi connectivity index (χ3v) is 3.11. The van der Waals surface area contributed by atoms with E-state index in [9.17, 15) is 0 Å². The second-order valence-electron chi connectivity index (χ2n) is 3.81. The van der Waals surface area contributed by atoms with Crippen molar-refractivity contribution in [2.45, 2.75) is 11.9 Å². The molecular weight excluding hydrogens is 275 g/mol. The van der Waals surface area contributed by atoms with E-state index in [1.807, 2.05) is 48.5 Å². The van der Waals surface area contributed by atoms with Crippen LogP contribution in [0.2, 0.25) is 0 Å². The van der Waals surface area contributed by atoms with Gasteiger partial charge in [0.2, 0.25) is 0 Å². The lowest BCUT2D eigenvalue weighted by Gasteiger charge is -2.07. The lowest BCUT2D eigenvalue weighted by atomic mass is 9.95. The fraction of sp³-hybridized carbons (Fsp3) is 0.143. The van der Waals surface area contributed by atoms with Crippen LogP contribution in [0.4, 0.5) is 0 Å². The summed E-state index contributed by atoms with van der Waals surface area (Å²) >= 11 is 3.41. The van der Waals surface area contributed by atoms with Gasteiger partial charge < -0.3 is 4.74 Å². The van der Waals surface area contributed by atoms with E-state index in [1.165, 1.54) is 5.56 Å². The molecule has 0 heterocycles. The van der Waals surface area contributed by atoms with Gasteiger partial charge in [-0.15, -0.1) is 0 Å². The Morgan fingerprint density at radius 3 is 2.06 bits per heavy atom. The Labute approximate surface area is 111 Å². The van der Waals surface area contributed by atoms with E-state index in [4.69, 9.17) is 12.6 Å². The Hall–Kier alpha value is -1.22. The Bertz CT molecular complexity index is 465. The molecule has 0 aromatic heterocycles. The summed E-state index contributed by atoms with van der Waals surface area (Å²) in [5, 5.41) is 0.866. The highest BCUT2D eigenvalue weighted by molar-refractivity contribution is 9.08. The van der Waals surface area contributed by atoms with Crippen LogP contribution in [0.1, 0.15) is 11.1 Å². The Kier molecular flexibility index (Phi) is 4.26. The van der Waals surface area contributed by atoms with Gasteiger partial charge in [-0.2, -0.15) is 0 Å². The van der Waals surface area contributed by atoms with Crippen molar-refractivity contribution in [2.75, 3.05) is 0 Å². The van der Waals surface area contributed by atoms with Gasteiger partial charge in [0.25, 0.3) is 0 Å². The molecule has 3 heteroatoms. The first kappa shape index (κ1) is 12.2. The van der Waals surface area contributed by atoms with Crippen LogP contribution in [0.3, 0.4) is 0 Å². The molecule has 0 bridgehead atoms. The van der Waals surface area contributed by atoms with E-state index >= 15 is 0 Å². The van der Waals surface area contributed by atoms with Crippen LogP contribution >= 0.6 is 15.9 Å². The first-order valence-electron chi connectivity index (χ1n) is 5.40. The molecule has 0 unspecified atom stereocenters. The predicted octanol–water partition coefficient (Wildman–Crippen LogP) is 2.95. The van der Waals surface area contributed by atoms with Crippen LogP contribution in [-0.2, 0) is 11.9 Å². The zero-order valence-corrected chi connectivity index (χ0v) is 11.0. The van der Waals surface area contributed by atoms with E-state index in [2.05, 4.69) is 15.9 Å². The molecular formula is C14H12BBrO. The molecule has 0 spiro atoms. The van der Waals surface area contributed by atoms with Crippen LogP contribution in [0, 0.1) is 0 Å². The van der Waals surface area contributed by atoms with Crippen molar-refractivity contribution in [3.05, 3.63) is 59.7 Å². The summed E-state index contributed by atoms with van der Waals surface area (Å²) in [6.07, 6.45) is 0. The van der Waals surface area contributed by atoms with E-state index in [0.29, 0.717) is 6.61 Å². The van der Waals surface area contributed by atoms with Crippen LogP contribution in [0.15, 0.2) is 48.5 Å². The van der Waals surface area contributed by atoms with Gasteiger partial charge in [-0.05, 0) is 23.3 Å². The SMILES string of the molecule is [B]c1ccc(COc2ccc(CBr)cc2)cc1. The van der Waals surface area contributed by atoms with Gasteiger partial charge in [0.15, 0.2) is 0 Å². The lowest BCUT2D eigenvalue weighted by Crippen LogP contribution is -2.02. The molecule has 2 radical (unpaired) electrons. The summed E-state index contributed by atoms with van der Waals surface area (Å²) in [7, 11) is 5.62. The van der Waals surface area contributed by atoms with Gasteiger partial charge in [-0.25, -0.2) is 0 Å². The van der Waals surface area contributed by atoms with E-state index < -0.39 is 0 Å². The molecule has 0 amide bonds. The number of hydrogen-bond acceptors (Lipinski definition) is 1. The molecule has 0 atom stereocenters. The highest BCUT2D eigenvalue weighted by atomic mass is 79.9. The third-order valence-electron chi connectivity index (χ3n) is 2.46. The monoisotopic (exact) mass is 286 g/mol. The van der Waals surface area contributed by atoms with Gasteiger partial charge in [0.1, 0.15) is 20.2 Å². The van der Waals surface area contributed by atoms with Gasteiger partial charge in [0, 0.05) is 5.33 Å². The van der Waals surface area contributed by atoms with Gasteiger partial charge >= 0.3 is 0 Å². The maximum atomic E-state index is 5.68. The fourth-order valence-corrected chi connectivity index (χ4v) is 1.83. The maximum Gasteiger partial charge on any atom is 0.119 e. The van der Waals surface area contributed by atoms with Crippen molar-refractivity contribution in [1.29, 1.82) is 0 Å². The second kappa shape index (κ2) is 5.92. The number of halogens is 1. The number of hydrogen-bond donors (Lipinski definition) is 0. The van der Waals surface area contributed by atoms with Crippen LogP contribution in [-0.4, -0.2) is 7.85 Å². The molecule has 2 rings (SSSR count). The predicted molar refractivity (Wildman–Crippen MR) is 75.2 cm³/mol. The third kappa shape index (κ3) is 3.63. The Morgan fingerprint density at radius 1 is 0.882 bits per heavy atom. The minimum atomic E-state index is 0.563. The Balaban J connectivity index is 1.95. The minimum Gasteiger partial charge on any atom is -0.489 e. The molecule has 0 saturated heterocycles. The molecule has 0 N–H and O–H groups in total. The number of rotatable bonds is 4. The quantitative estimate of drug-likeness (QED) is 0.620. The van der Waals surface area contributed by atoms with E-state index in [-0.39, 0.29) is 0 Å². The summed E-state index contributed by atoms with van der Waals surface area (Å²) in [5.41, 5.74) is 3.13. The number of alkyl halides is 1. The smallest absolute Gasteiger partial charge is 0.119 e. The van der Waals surface area contributed by atoms with Gasteiger partial charge in [0.05, 0.1) is 0 Å². The highest BCUT2D eigenvalue weighted by Gasteiger charge is 1.96. The average Bonchev–Trinajstić information content (AvgIpc) is 2.39. The van der Waals surface area contributed by atoms with E-state index in [0.717, 1.165) is 22.1 Å². The molecule has 0 aliphatic heterocycles. The summed E-state index contributed by atoms with van der Waals surface area (Å²) in [6.45, 7) is 0.563. The first-order chi connectivity index (χ1) is 8.28. The molecule has 17 heavy (non-hydrogen) atoms. The number of ether oxygens (including phenoxy) is 1. The molecule has 0 fully saturated rings. The van der Waals surface area contributed by atoms with Gasteiger partial charge in [-0.3, -0.25) is 0 Å². The average molecular weight is 287 g/mol. The van der Waals surface area contributed by atoms with Crippen molar-refractivity contribution >= 4 is 29.2 Å². The highest BCUT2D eigenvalue weighted by Crippen LogP contribution is 2.15. The summed E-state index contributed by atoms with van der Waals surface area (Å²) in [5.74, 6) is 0.881. The van der Waals surface area contributed by atoms with Crippen molar-refractivity contribution in [3.63, 3.8) is 0 Å².